The smallest absolute Gasteiger partial charge is 0.361 e. The second-order valence-corrected chi connectivity index (χ2v) is 3.52. The zero-order chi connectivity index (χ0) is 15.2. The van der Waals surface area contributed by atoms with Gasteiger partial charge in [0.05, 0.1) is 9.85 Å². The third-order valence-electron chi connectivity index (χ3n) is 1.93. The minimum Gasteiger partial charge on any atom is -0.497 e. The highest BCUT2D eigenvalue weighted by atomic mass is 32.1. The maximum atomic E-state index is 10.5. The van der Waals surface area contributed by atoms with E-state index in [1.165, 1.54) is 0 Å². The van der Waals surface area contributed by atoms with Crippen LogP contribution in [0.15, 0.2) is 12.1 Å². The van der Waals surface area contributed by atoms with Gasteiger partial charge in [-0.1, -0.05) is 19.6 Å². The van der Waals surface area contributed by atoms with Gasteiger partial charge in [-0.25, -0.2) is 4.79 Å². The Bertz CT molecular complexity index is 478. The van der Waals surface area contributed by atoms with Crippen LogP contribution in [0.2, 0.25) is 0 Å². The van der Waals surface area contributed by atoms with Gasteiger partial charge in [0.15, 0.2) is 0 Å². The first-order chi connectivity index (χ1) is 8.70. The summed E-state index contributed by atoms with van der Waals surface area (Å²) in [5, 5.41) is 36.4. The minimum atomic E-state index is -1.14. The van der Waals surface area contributed by atoms with E-state index in [9.17, 15) is 25.3 Å². The third kappa shape index (κ3) is 5.21. The van der Waals surface area contributed by atoms with Crippen molar-refractivity contribution in [1.29, 1.82) is 0 Å². The van der Waals surface area contributed by atoms with Gasteiger partial charge >= 0.3 is 16.7 Å². The van der Waals surface area contributed by atoms with Gasteiger partial charge in [-0.15, -0.1) is 0 Å². The van der Waals surface area contributed by atoms with Crippen molar-refractivity contribution in [2.45, 2.75) is 13.3 Å². The van der Waals surface area contributed by atoms with Gasteiger partial charge in [-0.2, -0.15) is 0 Å². The molecule has 9 nitrogen and oxygen atoms in total. The summed E-state index contributed by atoms with van der Waals surface area (Å²) in [6.45, 7) is 1.71. The standard InChI is InChI=1S/C8H8N2O5.CH2O2S/c1-2-5-3-6(9(12)13)8(11)7(4-5)10(14)15;2-1(3)4/h3-4,11H,2H2,1H3;4H,(H,2,3). The van der Waals surface area contributed by atoms with Crippen molar-refractivity contribution in [2.75, 3.05) is 0 Å². The zero-order valence-electron chi connectivity index (χ0n) is 9.64. The van der Waals surface area contributed by atoms with Crippen LogP contribution in [0, 0.1) is 20.2 Å². The number of nitrogens with zero attached hydrogens (tertiary/aromatic N) is 2. The molecule has 0 aliphatic heterocycles. The minimum absolute atomic E-state index is 0.419. The molecule has 0 heterocycles. The van der Waals surface area contributed by atoms with Gasteiger partial charge in [-0.05, 0) is 12.0 Å². The summed E-state index contributed by atoms with van der Waals surface area (Å²) in [5.74, 6) is -0.901. The van der Waals surface area contributed by atoms with Gasteiger partial charge in [-0.3, -0.25) is 20.2 Å². The van der Waals surface area contributed by atoms with Gasteiger partial charge in [0.25, 0.3) is 5.75 Å². The molecule has 1 aromatic carbocycles. The average Bonchev–Trinajstić information content (AvgIpc) is 2.27. The molecule has 10 heteroatoms. The molecule has 0 saturated heterocycles. The summed E-state index contributed by atoms with van der Waals surface area (Å²) < 4.78 is 0. The lowest BCUT2D eigenvalue weighted by Crippen LogP contribution is -1.96. The lowest BCUT2D eigenvalue weighted by molar-refractivity contribution is -0.396. The normalized spacial score (nSPS) is 9.16. The highest BCUT2D eigenvalue weighted by Crippen LogP contribution is 2.36. The second-order valence-electron chi connectivity index (χ2n) is 3.13. The monoisotopic (exact) mass is 290 g/mol. The predicted octanol–water partition coefficient (Wildman–Crippen LogP) is 2.37. The average molecular weight is 290 g/mol. The van der Waals surface area contributed by atoms with Crippen LogP contribution >= 0.6 is 12.6 Å². The molecular formula is C9H10N2O7S. The van der Waals surface area contributed by atoms with Crippen LogP contribution in [0.3, 0.4) is 0 Å². The van der Waals surface area contributed by atoms with Crippen LogP contribution in [0.25, 0.3) is 0 Å². The van der Waals surface area contributed by atoms with Crippen molar-refractivity contribution in [1.82, 2.24) is 0 Å². The number of benzene rings is 1. The Morgan fingerprint density at radius 3 is 1.79 bits per heavy atom. The fraction of sp³-hybridized carbons (Fsp3) is 0.222. The number of carboxylic acid groups (broad SMARTS) is 1. The van der Waals surface area contributed by atoms with Crippen molar-refractivity contribution in [3.05, 3.63) is 37.9 Å². The predicted molar refractivity (Wildman–Crippen MR) is 67.8 cm³/mol. The number of thiol groups is 1. The van der Waals surface area contributed by atoms with E-state index >= 15 is 0 Å². The van der Waals surface area contributed by atoms with Gasteiger partial charge in [0.2, 0.25) is 0 Å². The quantitative estimate of drug-likeness (QED) is 0.440. The highest BCUT2D eigenvalue weighted by molar-refractivity contribution is 7.96. The van der Waals surface area contributed by atoms with Crippen LogP contribution in [0.1, 0.15) is 12.5 Å². The summed E-state index contributed by atoms with van der Waals surface area (Å²) in [7, 11) is 0. The molecule has 0 bridgehead atoms. The Hall–Kier alpha value is -2.36. The van der Waals surface area contributed by atoms with Crippen LogP contribution in [-0.4, -0.2) is 25.4 Å². The Labute approximate surface area is 112 Å². The molecule has 19 heavy (non-hydrogen) atoms. The molecular weight excluding hydrogens is 280 g/mol. The molecule has 104 valence electrons. The lowest BCUT2D eigenvalue weighted by atomic mass is 10.1. The molecule has 0 aliphatic rings. The van der Waals surface area contributed by atoms with Crippen LogP contribution in [0.4, 0.5) is 16.2 Å². The number of phenols is 1. The van der Waals surface area contributed by atoms with E-state index in [0.29, 0.717) is 12.0 Å². The van der Waals surface area contributed by atoms with Crippen molar-refractivity contribution < 1.29 is 24.9 Å². The molecule has 2 N–H and O–H groups in total. The number of hydrogen-bond acceptors (Lipinski definition) is 6. The van der Waals surface area contributed by atoms with Crippen LogP contribution in [0.5, 0.6) is 5.75 Å². The maximum absolute atomic E-state index is 10.5. The Morgan fingerprint density at radius 2 is 1.58 bits per heavy atom. The molecule has 0 unspecified atom stereocenters. The van der Waals surface area contributed by atoms with E-state index in [0.717, 1.165) is 12.1 Å². The molecule has 0 atom stereocenters. The van der Waals surface area contributed by atoms with Crippen molar-refractivity contribution in [2.24, 2.45) is 0 Å². The van der Waals surface area contributed by atoms with E-state index in [2.05, 4.69) is 12.6 Å². The highest BCUT2D eigenvalue weighted by Gasteiger charge is 2.25. The van der Waals surface area contributed by atoms with E-state index in [1.807, 2.05) is 0 Å². The molecule has 1 rings (SSSR count). The first-order valence-corrected chi connectivity index (χ1v) is 5.22. The van der Waals surface area contributed by atoms with Gasteiger partial charge in [0.1, 0.15) is 0 Å². The number of nitro groups is 2. The number of aromatic hydroxyl groups is 1. The summed E-state index contributed by atoms with van der Waals surface area (Å²) in [6.07, 6.45) is 0.419. The molecule has 0 saturated carbocycles. The summed E-state index contributed by atoms with van der Waals surface area (Å²) in [4.78, 5) is 28.1. The fourth-order valence-electron chi connectivity index (χ4n) is 1.14. The number of phenolic OH excluding ortho intramolecular Hbond substituents is 1. The largest absolute Gasteiger partial charge is 0.497 e. The van der Waals surface area contributed by atoms with E-state index in [1.54, 1.807) is 6.92 Å². The number of carbonyl (C=O) groups is 1. The molecule has 1 aromatic rings. The van der Waals surface area contributed by atoms with Crippen LogP contribution in [-0.2, 0) is 6.42 Å². The summed E-state index contributed by atoms with van der Waals surface area (Å²) >= 11 is 2.88. The number of aryl methyl sites for hydroxylation is 1. The van der Waals surface area contributed by atoms with Crippen molar-refractivity contribution in [3.63, 3.8) is 0 Å². The third-order valence-corrected chi connectivity index (χ3v) is 1.93. The number of rotatable bonds is 3. The SMILES string of the molecule is CCc1cc([N+](=O)[O-])c(O)c([N+](=O)[O-])c1.O=C(O)S. The van der Waals surface area contributed by atoms with Gasteiger partial charge < -0.3 is 10.2 Å². The summed E-state index contributed by atoms with van der Waals surface area (Å²) in [6, 6.07) is 2.25. The zero-order valence-corrected chi connectivity index (χ0v) is 10.5. The van der Waals surface area contributed by atoms with E-state index in [4.69, 9.17) is 9.90 Å². The Morgan fingerprint density at radius 1 is 1.26 bits per heavy atom. The molecule has 0 radical (unpaired) electrons. The van der Waals surface area contributed by atoms with Crippen LogP contribution < -0.4 is 0 Å². The molecule has 0 amide bonds. The second kappa shape index (κ2) is 7.16. The maximum Gasteiger partial charge on any atom is 0.361 e. The molecule has 0 aliphatic carbocycles. The topological polar surface area (TPSA) is 144 Å². The molecule has 0 aromatic heterocycles. The summed E-state index contributed by atoms with van der Waals surface area (Å²) in [5.41, 5.74) is -0.840. The Kier molecular flexibility index (Phi) is 6.27. The first kappa shape index (κ1) is 16.6. The molecule has 0 spiro atoms. The van der Waals surface area contributed by atoms with E-state index in [-0.39, 0.29) is 0 Å². The first-order valence-electron chi connectivity index (χ1n) is 4.77. The number of hydrogen-bond donors (Lipinski definition) is 3. The lowest BCUT2D eigenvalue weighted by Gasteiger charge is -2.00. The van der Waals surface area contributed by atoms with Crippen molar-refractivity contribution in [3.8, 4) is 5.75 Å². The fourth-order valence-corrected chi connectivity index (χ4v) is 1.14. The number of nitro benzene ring substituents is 2. The Balaban J connectivity index is 0.000000711. The van der Waals surface area contributed by atoms with Crippen molar-refractivity contribution >= 4 is 29.3 Å². The van der Waals surface area contributed by atoms with Gasteiger partial charge in [0, 0.05) is 12.1 Å². The van der Waals surface area contributed by atoms with E-state index < -0.39 is 32.3 Å². The molecule has 0 fully saturated rings.